The van der Waals surface area contributed by atoms with Gasteiger partial charge in [0.05, 0.1) is 12.6 Å². The molecule has 0 bridgehead atoms. The summed E-state index contributed by atoms with van der Waals surface area (Å²) in [6, 6.07) is 4.67. The van der Waals surface area contributed by atoms with Gasteiger partial charge in [0.2, 0.25) is 17.7 Å². The minimum Gasteiger partial charge on any atom is -0.348 e. The Balaban J connectivity index is 1.47. The van der Waals surface area contributed by atoms with Crippen molar-refractivity contribution in [1.82, 2.24) is 20.0 Å². The van der Waals surface area contributed by atoms with E-state index in [1.165, 1.54) is 0 Å². The van der Waals surface area contributed by atoms with Crippen LogP contribution < -0.4 is 5.32 Å². The third-order valence-electron chi connectivity index (χ3n) is 8.00. The van der Waals surface area contributed by atoms with Gasteiger partial charge in [0, 0.05) is 41.9 Å². The number of carbonyl (C=O) groups is 4. The van der Waals surface area contributed by atoms with Crippen molar-refractivity contribution in [2.24, 2.45) is 5.92 Å². The topological polar surface area (TPSA) is 90.0 Å². The number of rotatable bonds is 17. The number of benzene rings is 1. The first kappa shape index (κ1) is 33.7. The Morgan fingerprint density at radius 3 is 2.56 bits per heavy atom. The second-order valence-electron chi connectivity index (χ2n) is 11.4. The Morgan fingerprint density at radius 1 is 1.12 bits per heavy atom. The van der Waals surface area contributed by atoms with Crippen molar-refractivity contribution in [3.8, 4) is 0 Å². The average molecular weight is 628 g/mol. The van der Waals surface area contributed by atoms with E-state index in [4.69, 9.17) is 23.2 Å². The second-order valence-corrected chi connectivity index (χ2v) is 13.4. The van der Waals surface area contributed by atoms with Crippen molar-refractivity contribution >= 4 is 59.0 Å². The maximum Gasteiger partial charge on any atom is 0.243 e. The number of nitrogens with one attached hydrogen (secondary N) is 1. The van der Waals surface area contributed by atoms with E-state index in [0.29, 0.717) is 41.5 Å². The molecule has 8 nitrogen and oxygen atoms in total. The molecule has 1 N–H and O–H groups in total. The first-order valence-electron chi connectivity index (χ1n) is 14.6. The number of nitrogens with zero attached hydrogens (tertiary/aromatic N) is 3. The number of unbranched alkanes of at least 4 members (excludes halogenated alkanes) is 1. The molecule has 2 unspecified atom stereocenters. The van der Waals surface area contributed by atoms with E-state index in [9.17, 15) is 19.2 Å². The average Bonchev–Trinajstić information content (AvgIpc) is 3.63. The molecular weight excluding hydrogens is 583 g/mol. The van der Waals surface area contributed by atoms with Crippen molar-refractivity contribution < 1.29 is 19.2 Å². The zero-order valence-corrected chi connectivity index (χ0v) is 26.8. The van der Waals surface area contributed by atoms with Crippen LogP contribution in [0.5, 0.6) is 0 Å². The number of carbonyl (C=O) groups excluding carboxylic acids is 4. The van der Waals surface area contributed by atoms with Gasteiger partial charge in [0.15, 0.2) is 0 Å². The number of likely N-dealkylation sites (tertiary alicyclic amines) is 1. The number of hydrogen-bond donors (Lipinski definition) is 1. The zero-order valence-electron chi connectivity index (χ0n) is 24.5. The Kier molecular flexibility index (Phi) is 13.7. The highest BCUT2D eigenvalue weighted by atomic mass is 35.5. The van der Waals surface area contributed by atoms with Crippen LogP contribution in [0.3, 0.4) is 0 Å². The summed E-state index contributed by atoms with van der Waals surface area (Å²) >= 11 is 14.4. The lowest BCUT2D eigenvalue weighted by Crippen LogP contribution is -2.49. The van der Waals surface area contributed by atoms with Crippen LogP contribution in [-0.2, 0) is 25.6 Å². The van der Waals surface area contributed by atoms with Crippen LogP contribution in [0.4, 0.5) is 0 Å². The van der Waals surface area contributed by atoms with Gasteiger partial charge in [-0.15, -0.1) is 0 Å². The number of halogens is 2. The molecule has 0 spiro atoms. The van der Waals surface area contributed by atoms with E-state index in [1.54, 1.807) is 24.1 Å². The maximum absolute atomic E-state index is 13.6. The fourth-order valence-corrected chi connectivity index (χ4v) is 6.88. The molecule has 0 radical (unpaired) electrons. The Bertz CT molecular complexity index is 1060. The van der Waals surface area contributed by atoms with Crippen LogP contribution >= 0.6 is 35.0 Å². The Hall–Kier alpha value is -1.81. The van der Waals surface area contributed by atoms with Crippen molar-refractivity contribution in [2.75, 3.05) is 45.7 Å². The number of thioether (sulfide) groups is 1. The molecule has 1 saturated carbocycles. The van der Waals surface area contributed by atoms with Crippen LogP contribution in [-0.4, -0.2) is 103 Å². The molecule has 1 heterocycles. The van der Waals surface area contributed by atoms with Crippen molar-refractivity contribution in [2.45, 2.75) is 75.9 Å². The number of likely N-dealkylation sites (N-methyl/N-ethyl adjacent to an activating group) is 2. The highest BCUT2D eigenvalue weighted by Crippen LogP contribution is 2.33. The third-order valence-corrected chi connectivity index (χ3v) is 9.80. The summed E-state index contributed by atoms with van der Waals surface area (Å²) in [5.74, 6) is 2.07. The molecule has 1 aliphatic heterocycles. The van der Waals surface area contributed by atoms with Gasteiger partial charge in [-0.05, 0) is 94.5 Å². The molecule has 228 valence electrons. The lowest BCUT2D eigenvalue weighted by molar-refractivity contribution is -0.139. The largest absolute Gasteiger partial charge is 0.348 e. The van der Waals surface area contributed by atoms with Gasteiger partial charge in [-0.1, -0.05) is 29.6 Å². The first-order chi connectivity index (χ1) is 19.6. The molecule has 3 rings (SSSR count). The summed E-state index contributed by atoms with van der Waals surface area (Å²) < 4.78 is 0. The third kappa shape index (κ3) is 10.4. The van der Waals surface area contributed by atoms with Gasteiger partial charge < -0.3 is 19.9 Å². The highest BCUT2D eigenvalue weighted by molar-refractivity contribution is 7.99. The van der Waals surface area contributed by atoms with E-state index in [2.05, 4.69) is 5.32 Å². The van der Waals surface area contributed by atoms with Crippen LogP contribution in [0.2, 0.25) is 10.0 Å². The predicted octanol–water partition coefficient (Wildman–Crippen LogP) is 4.30. The molecule has 2 fully saturated rings. The Morgan fingerprint density at radius 2 is 1.88 bits per heavy atom. The summed E-state index contributed by atoms with van der Waals surface area (Å²) in [6.07, 6.45) is 8.04. The van der Waals surface area contributed by atoms with Gasteiger partial charge in [-0.3, -0.25) is 19.3 Å². The standard InChI is InChI=1S/C30H44Cl2N4O4S/c1-34(2)27(19-22-18-23(31)11-12-25(22)32)30(40)36-14-6-7-24(36)20-41-16-5-4-8-26(29(39)33-13-15-37)35(3)28(38)17-21-9-10-21/h11-12,15,18,21,24,26-27H,4-10,13-14,16-17,19-20H2,1-3H3,(H,33,39)/t24?,26?,27-/m0/s1. The van der Waals surface area contributed by atoms with E-state index >= 15 is 0 Å². The number of aldehydes is 1. The molecule has 2 aliphatic rings. The lowest BCUT2D eigenvalue weighted by Gasteiger charge is -2.32. The fraction of sp³-hybridized carbons (Fsp3) is 0.667. The summed E-state index contributed by atoms with van der Waals surface area (Å²) in [4.78, 5) is 55.2. The molecule has 0 aromatic heterocycles. The zero-order chi connectivity index (χ0) is 29.9. The van der Waals surface area contributed by atoms with E-state index < -0.39 is 6.04 Å². The van der Waals surface area contributed by atoms with Crippen LogP contribution in [0.25, 0.3) is 0 Å². The quantitative estimate of drug-likeness (QED) is 0.205. The Labute approximate surface area is 258 Å². The summed E-state index contributed by atoms with van der Waals surface area (Å²) in [5, 5.41) is 3.84. The normalized spacial score (nSPS) is 18.3. The molecule has 3 atom stereocenters. The molecule has 1 aliphatic carbocycles. The van der Waals surface area contributed by atoms with Crippen molar-refractivity contribution in [3.63, 3.8) is 0 Å². The minimum atomic E-state index is -0.565. The van der Waals surface area contributed by atoms with E-state index in [0.717, 1.165) is 62.1 Å². The first-order valence-corrected chi connectivity index (χ1v) is 16.5. The van der Waals surface area contributed by atoms with Gasteiger partial charge in [-0.2, -0.15) is 11.8 Å². The molecule has 1 aromatic rings. The van der Waals surface area contributed by atoms with E-state index in [1.807, 2.05) is 41.7 Å². The number of amides is 3. The molecule has 41 heavy (non-hydrogen) atoms. The lowest BCUT2D eigenvalue weighted by atomic mass is 10.0. The number of hydrogen-bond acceptors (Lipinski definition) is 6. The molecule has 1 saturated heterocycles. The monoisotopic (exact) mass is 626 g/mol. The predicted molar refractivity (Wildman–Crippen MR) is 167 cm³/mol. The molecular formula is C30H44Cl2N4O4S. The van der Waals surface area contributed by atoms with Gasteiger partial charge in [0.25, 0.3) is 0 Å². The van der Waals surface area contributed by atoms with Crippen LogP contribution in [0.1, 0.15) is 56.9 Å². The summed E-state index contributed by atoms with van der Waals surface area (Å²) in [5.41, 5.74) is 0.870. The molecule has 11 heteroatoms. The van der Waals surface area contributed by atoms with Gasteiger partial charge >= 0.3 is 0 Å². The van der Waals surface area contributed by atoms with Crippen LogP contribution in [0.15, 0.2) is 18.2 Å². The molecule has 3 amide bonds. The van der Waals surface area contributed by atoms with E-state index in [-0.39, 0.29) is 36.3 Å². The van der Waals surface area contributed by atoms with Crippen LogP contribution in [0, 0.1) is 5.92 Å². The minimum absolute atomic E-state index is 0.00668. The summed E-state index contributed by atoms with van der Waals surface area (Å²) in [7, 11) is 5.53. The maximum atomic E-state index is 13.6. The van der Waals surface area contributed by atoms with Gasteiger partial charge in [0.1, 0.15) is 12.3 Å². The SMILES string of the molecule is CN(C(=O)CC1CC1)C(CCCCSCC1CCCN1C(=O)[C@H](Cc1cc(Cl)ccc1Cl)N(C)C)C(=O)NCC=O. The highest BCUT2D eigenvalue weighted by Gasteiger charge is 2.35. The van der Waals surface area contributed by atoms with Crippen molar-refractivity contribution in [3.05, 3.63) is 33.8 Å². The molecule has 1 aromatic carbocycles. The van der Waals surface area contributed by atoms with Crippen molar-refractivity contribution in [1.29, 1.82) is 0 Å². The second kappa shape index (κ2) is 16.7. The smallest absolute Gasteiger partial charge is 0.243 e. The summed E-state index contributed by atoms with van der Waals surface area (Å²) in [6.45, 7) is 0.712. The fourth-order valence-electron chi connectivity index (χ4n) is 5.30. The van der Waals surface area contributed by atoms with Gasteiger partial charge in [-0.25, -0.2) is 0 Å².